The maximum Gasteiger partial charge on any atom is 0.213 e. The number of aryl methyl sites for hydroxylation is 2. The van der Waals surface area contributed by atoms with Gasteiger partial charge in [-0.15, -0.1) is 5.10 Å². The maximum atomic E-state index is 10.7. The van der Waals surface area contributed by atoms with Crippen molar-refractivity contribution in [1.82, 2.24) is 20.2 Å². The summed E-state index contributed by atoms with van der Waals surface area (Å²) in [5, 5.41) is 11.9. The third kappa shape index (κ3) is 2.11. The number of carbonyl (C=O) groups excluding carboxylic acids is 1. The lowest BCUT2D eigenvalue weighted by Gasteiger charge is -2.02. The van der Waals surface area contributed by atoms with E-state index in [1.807, 2.05) is 19.1 Å². The standard InChI is InChI=1S/C10H10N4OS/c1-7-5-9(4-3-8(7)6-15)16-10-11-12-13-14(10)2/h3-6H,1-2H3. The highest BCUT2D eigenvalue weighted by molar-refractivity contribution is 7.99. The molecule has 0 aliphatic carbocycles. The number of hydrogen-bond acceptors (Lipinski definition) is 5. The highest BCUT2D eigenvalue weighted by Gasteiger charge is 2.06. The van der Waals surface area contributed by atoms with Crippen LogP contribution in [0.4, 0.5) is 0 Å². The highest BCUT2D eigenvalue weighted by Crippen LogP contribution is 2.26. The Labute approximate surface area is 96.9 Å². The Morgan fingerprint density at radius 2 is 2.25 bits per heavy atom. The van der Waals surface area contributed by atoms with E-state index in [9.17, 15) is 4.79 Å². The van der Waals surface area contributed by atoms with Crippen LogP contribution in [0.2, 0.25) is 0 Å². The number of nitrogens with zero attached hydrogens (tertiary/aromatic N) is 4. The molecule has 2 rings (SSSR count). The quantitative estimate of drug-likeness (QED) is 0.753. The largest absolute Gasteiger partial charge is 0.298 e. The molecule has 0 aliphatic heterocycles. The summed E-state index contributed by atoms with van der Waals surface area (Å²) in [5.74, 6) is 0. The van der Waals surface area contributed by atoms with Crippen molar-refractivity contribution in [2.24, 2.45) is 7.05 Å². The first-order valence-corrected chi connectivity index (χ1v) is 5.48. The summed E-state index contributed by atoms with van der Waals surface area (Å²) in [4.78, 5) is 11.7. The van der Waals surface area contributed by atoms with Gasteiger partial charge in [-0.25, -0.2) is 4.68 Å². The first kappa shape index (κ1) is 10.8. The van der Waals surface area contributed by atoms with Gasteiger partial charge < -0.3 is 0 Å². The van der Waals surface area contributed by atoms with Gasteiger partial charge in [-0.1, -0.05) is 6.07 Å². The molecule has 2 aromatic rings. The van der Waals surface area contributed by atoms with Gasteiger partial charge in [-0.2, -0.15) is 0 Å². The summed E-state index contributed by atoms with van der Waals surface area (Å²) in [7, 11) is 1.79. The third-order valence-corrected chi connectivity index (χ3v) is 3.18. The number of tetrazole rings is 1. The molecule has 0 radical (unpaired) electrons. The summed E-state index contributed by atoms with van der Waals surface area (Å²) in [5.41, 5.74) is 1.66. The summed E-state index contributed by atoms with van der Waals surface area (Å²) in [6.45, 7) is 1.91. The zero-order valence-corrected chi connectivity index (χ0v) is 9.73. The van der Waals surface area contributed by atoms with E-state index in [0.717, 1.165) is 21.9 Å². The highest BCUT2D eigenvalue weighted by atomic mass is 32.2. The molecule has 5 nitrogen and oxygen atoms in total. The van der Waals surface area contributed by atoms with E-state index in [-0.39, 0.29) is 0 Å². The van der Waals surface area contributed by atoms with E-state index in [2.05, 4.69) is 15.5 Å². The van der Waals surface area contributed by atoms with Crippen LogP contribution in [0.5, 0.6) is 0 Å². The summed E-state index contributed by atoms with van der Waals surface area (Å²) in [6.07, 6.45) is 0.855. The molecular weight excluding hydrogens is 224 g/mol. The fraction of sp³-hybridized carbons (Fsp3) is 0.200. The number of benzene rings is 1. The van der Waals surface area contributed by atoms with Crippen molar-refractivity contribution in [1.29, 1.82) is 0 Å². The predicted octanol–water partition coefficient (Wildman–Crippen LogP) is 1.48. The van der Waals surface area contributed by atoms with Gasteiger partial charge in [0.25, 0.3) is 0 Å². The zero-order chi connectivity index (χ0) is 11.5. The summed E-state index contributed by atoms with van der Waals surface area (Å²) >= 11 is 1.47. The molecule has 0 aliphatic rings. The van der Waals surface area contributed by atoms with E-state index >= 15 is 0 Å². The van der Waals surface area contributed by atoms with Gasteiger partial charge in [0, 0.05) is 17.5 Å². The second-order valence-corrected chi connectivity index (χ2v) is 4.36. The first-order chi connectivity index (χ1) is 7.70. The molecule has 0 saturated carbocycles. The normalized spacial score (nSPS) is 10.4. The van der Waals surface area contributed by atoms with Crippen molar-refractivity contribution in [3.8, 4) is 0 Å². The van der Waals surface area contributed by atoms with Gasteiger partial charge in [-0.3, -0.25) is 4.79 Å². The van der Waals surface area contributed by atoms with Crippen LogP contribution in [-0.2, 0) is 7.05 Å². The topological polar surface area (TPSA) is 60.7 Å². The van der Waals surface area contributed by atoms with E-state index in [0.29, 0.717) is 5.56 Å². The van der Waals surface area contributed by atoms with Crippen molar-refractivity contribution in [3.63, 3.8) is 0 Å². The molecule has 82 valence electrons. The van der Waals surface area contributed by atoms with Gasteiger partial charge in [0.05, 0.1) is 0 Å². The first-order valence-electron chi connectivity index (χ1n) is 4.67. The molecule has 0 spiro atoms. The molecule has 0 bridgehead atoms. The molecule has 1 aromatic heterocycles. The van der Waals surface area contributed by atoms with Gasteiger partial charge >= 0.3 is 0 Å². The molecule has 0 fully saturated rings. The van der Waals surface area contributed by atoms with Crippen molar-refractivity contribution < 1.29 is 4.79 Å². The zero-order valence-electron chi connectivity index (χ0n) is 8.91. The number of aromatic nitrogens is 4. The van der Waals surface area contributed by atoms with Crippen LogP contribution in [0.3, 0.4) is 0 Å². The van der Waals surface area contributed by atoms with Crippen LogP contribution in [0.25, 0.3) is 0 Å². The minimum Gasteiger partial charge on any atom is -0.298 e. The smallest absolute Gasteiger partial charge is 0.213 e. The van der Waals surface area contributed by atoms with E-state index in [1.165, 1.54) is 11.8 Å². The second kappa shape index (κ2) is 4.44. The van der Waals surface area contributed by atoms with Crippen LogP contribution in [0.15, 0.2) is 28.3 Å². The molecule has 1 heterocycles. The van der Waals surface area contributed by atoms with Crippen molar-refractivity contribution >= 4 is 18.0 Å². The molecule has 6 heteroatoms. The molecule has 0 amide bonds. The lowest BCUT2D eigenvalue weighted by Crippen LogP contribution is -1.93. The third-order valence-electron chi connectivity index (χ3n) is 2.16. The van der Waals surface area contributed by atoms with Gasteiger partial charge in [0.1, 0.15) is 6.29 Å². The Hall–Kier alpha value is -1.69. The summed E-state index contributed by atoms with van der Waals surface area (Å²) < 4.78 is 1.60. The Bertz CT molecular complexity index is 523. The van der Waals surface area contributed by atoms with Crippen molar-refractivity contribution in [3.05, 3.63) is 29.3 Å². The maximum absolute atomic E-state index is 10.7. The van der Waals surface area contributed by atoms with Gasteiger partial charge in [0.2, 0.25) is 5.16 Å². The predicted molar refractivity (Wildman–Crippen MR) is 59.5 cm³/mol. The Balaban J connectivity index is 2.26. The molecule has 1 aromatic carbocycles. The van der Waals surface area contributed by atoms with Crippen LogP contribution in [0.1, 0.15) is 15.9 Å². The number of rotatable bonds is 3. The molecule has 0 saturated heterocycles. The summed E-state index contributed by atoms with van der Waals surface area (Å²) in [6, 6.07) is 5.63. The minimum atomic E-state index is 0.709. The average molecular weight is 234 g/mol. The minimum absolute atomic E-state index is 0.709. The van der Waals surface area contributed by atoms with E-state index in [1.54, 1.807) is 17.8 Å². The molecule has 0 unspecified atom stereocenters. The molecular formula is C10H10N4OS. The van der Waals surface area contributed by atoms with Gasteiger partial charge in [0.15, 0.2) is 0 Å². The van der Waals surface area contributed by atoms with Crippen LogP contribution in [0, 0.1) is 6.92 Å². The lowest BCUT2D eigenvalue weighted by molar-refractivity contribution is 0.112. The van der Waals surface area contributed by atoms with E-state index in [4.69, 9.17) is 0 Å². The molecule has 0 N–H and O–H groups in total. The van der Waals surface area contributed by atoms with Crippen LogP contribution < -0.4 is 0 Å². The Kier molecular flexibility index (Phi) is 3.00. The van der Waals surface area contributed by atoms with Crippen LogP contribution >= 0.6 is 11.8 Å². The van der Waals surface area contributed by atoms with Gasteiger partial charge in [-0.05, 0) is 46.8 Å². The Morgan fingerprint density at radius 3 is 2.81 bits per heavy atom. The van der Waals surface area contributed by atoms with Crippen molar-refractivity contribution in [2.75, 3.05) is 0 Å². The van der Waals surface area contributed by atoms with Crippen LogP contribution in [-0.4, -0.2) is 26.5 Å². The molecule has 16 heavy (non-hydrogen) atoms. The van der Waals surface area contributed by atoms with E-state index < -0.39 is 0 Å². The fourth-order valence-electron chi connectivity index (χ4n) is 1.26. The second-order valence-electron chi connectivity index (χ2n) is 3.32. The molecule has 0 atom stereocenters. The fourth-order valence-corrected chi connectivity index (χ4v) is 2.09. The average Bonchev–Trinajstić information content (AvgIpc) is 2.65. The van der Waals surface area contributed by atoms with Crippen molar-refractivity contribution in [2.45, 2.75) is 17.0 Å². The number of carbonyl (C=O) groups is 1. The Morgan fingerprint density at radius 1 is 1.44 bits per heavy atom. The monoisotopic (exact) mass is 234 g/mol. The number of hydrogen-bond donors (Lipinski definition) is 0. The number of aldehydes is 1. The lowest BCUT2D eigenvalue weighted by atomic mass is 10.1. The SMILES string of the molecule is Cc1cc(Sc2nnnn2C)ccc1C=O.